The highest BCUT2D eigenvalue weighted by Gasteiger charge is 2.22. The van der Waals surface area contributed by atoms with Crippen LogP contribution >= 0.6 is 0 Å². The number of anilines is 2. The van der Waals surface area contributed by atoms with Gasteiger partial charge in [0.2, 0.25) is 0 Å². The molecule has 0 aliphatic carbocycles. The molecule has 0 atom stereocenters. The van der Waals surface area contributed by atoms with Crippen LogP contribution in [-0.4, -0.2) is 59.9 Å². The summed E-state index contributed by atoms with van der Waals surface area (Å²) in [6, 6.07) is 2.17. The van der Waals surface area contributed by atoms with Gasteiger partial charge in [-0.3, -0.25) is 0 Å². The van der Waals surface area contributed by atoms with E-state index in [4.69, 9.17) is 5.73 Å². The zero-order valence-corrected chi connectivity index (χ0v) is 14.2. The van der Waals surface area contributed by atoms with Gasteiger partial charge in [0.1, 0.15) is 18.7 Å². The molecule has 0 unspecified atom stereocenters. The Bertz CT molecular complexity index is 882. The van der Waals surface area contributed by atoms with Crippen LogP contribution in [0.15, 0.2) is 18.5 Å². The number of nitrogens with one attached hydrogen (secondary N) is 1. The van der Waals surface area contributed by atoms with Gasteiger partial charge in [0.25, 0.3) is 0 Å². The van der Waals surface area contributed by atoms with Gasteiger partial charge in [-0.05, 0) is 6.54 Å². The molecule has 0 spiro atoms. The van der Waals surface area contributed by atoms with Crippen LogP contribution in [0.3, 0.4) is 0 Å². The third kappa shape index (κ3) is 2.40. The van der Waals surface area contributed by atoms with Crippen molar-refractivity contribution in [1.82, 2.24) is 19.9 Å². The molecular formula is C17H22BN6. The maximum absolute atomic E-state index is 6.30. The third-order valence-corrected chi connectivity index (χ3v) is 4.98. The van der Waals surface area contributed by atoms with Crippen molar-refractivity contribution in [3.8, 4) is 0 Å². The number of rotatable bonds is 3. The minimum Gasteiger partial charge on any atom is -0.382 e. The van der Waals surface area contributed by atoms with E-state index in [1.54, 1.807) is 0 Å². The van der Waals surface area contributed by atoms with Gasteiger partial charge in [-0.25, -0.2) is 9.97 Å². The topological polar surface area (TPSA) is 74.1 Å². The number of nitrogens with two attached hydrogens (primary N) is 1. The SMILES string of the molecule is C[B]c1cnc2[nH]c3cnc(N)c(N4CCN(CC)CC4)c3c2c1. The maximum Gasteiger partial charge on any atom is 0.150 e. The van der Waals surface area contributed by atoms with Crippen molar-refractivity contribution in [3.63, 3.8) is 0 Å². The Morgan fingerprint density at radius 1 is 1.21 bits per heavy atom. The number of nitrogens with zero attached hydrogens (tertiary/aromatic N) is 4. The van der Waals surface area contributed by atoms with Gasteiger partial charge in [-0.15, -0.1) is 0 Å². The van der Waals surface area contributed by atoms with Crippen molar-refractivity contribution >= 4 is 46.2 Å². The van der Waals surface area contributed by atoms with E-state index >= 15 is 0 Å². The predicted molar refractivity (Wildman–Crippen MR) is 101 cm³/mol. The van der Waals surface area contributed by atoms with Crippen molar-refractivity contribution in [2.24, 2.45) is 0 Å². The molecule has 1 aliphatic rings. The highest BCUT2D eigenvalue weighted by molar-refractivity contribution is 6.52. The van der Waals surface area contributed by atoms with E-state index in [-0.39, 0.29) is 0 Å². The molecule has 1 saturated heterocycles. The fourth-order valence-corrected chi connectivity index (χ4v) is 3.55. The number of piperazine rings is 1. The summed E-state index contributed by atoms with van der Waals surface area (Å²) >= 11 is 0. The quantitative estimate of drug-likeness (QED) is 0.710. The van der Waals surface area contributed by atoms with E-state index in [0.717, 1.165) is 65.8 Å². The lowest BCUT2D eigenvalue weighted by molar-refractivity contribution is 0.271. The molecular weight excluding hydrogens is 299 g/mol. The Hall–Kier alpha value is -2.28. The third-order valence-electron chi connectivity index (χ3n) is 4.98. The van der Waals surface area contributed by atoms with Crippen LogP contribution in [0.4, 0.5) is 11.5 Å². The summed E-state index contributed by atoms with van der Waals surface area (Å²) < 4.78 is 0. The average molecular weight is 321 g/mol. The van der Waals surface area contributed by atoms with Gasteiger partial charge < -0.3 is 20.5 Å². The highest BCUT2D eigenvalue weighted by atomic mass is 15.3. The molecule has 123 valence electrons. The smallest absolute Gasteiger partial charge is 0.150 e. The molecule has 3 N–H and O–H groups in total. The summed E-state index contributed by atoms with van der Waals surface area (Å²) in [5, 5.41) is 2.25. The average Bonchev–Trinajstić information content (AvgIpc) is 2.99. The molecule has 1 radical (unpaired) electrons. The summed E-state index contributed by atoms with van der Waals surface area (Å²) in [6.07, 6.45) is 3.70. The highest BCUT2D eigenvalue weighted by Crippen LogP contribution is 2.36. The van der Waals surface area contributed by atoms with Gasteiger partial charge >= 0.3 is 0 Å². The largest absolute Gasteiger partial charge is 0.382 e. The first-order valence-corrected chi connectivity index (χ1v) is 8.53. The van der Waals surface area contributed by atoms with Gasteiger partial charge in [0.15, 0.2) is 0 Å². The lowest BCUT2D eigenvalue weighted by Crippen LogP contribution is -2.46. The van der Waals surface area contributed by atoms with Crippen LogP contribution in [0.5, 0.6) is 0 Å². The number of likely N-dealkylation sites (N-methyl/N-ethyl adjacent to an activating group) is 1. The Labute approximate surface area is 142 Å². The minimum atomic E-state index is 0.597. The second kappa shape index (κ2) is 5.98. The molecule has 24 heavy (non-hydrogen) atoms. The summed E-state index contributed by atoms with van der Waals surface area (Å²) in [7, 11) is 2.06. The molecule has 3 aromatic rings. The molecule has 4 heterocycles. The van der Waals surface area contributed by atoms with Gasteiger partial charge in [0, 0.05) is 43.1 Å². The summed E-state index contributed by atoms with van der Waals surface area (Å²) in [6.45, 7) is 9.39. The number of aromatic amines is 1. The normalized spacial score (nSPS) is 16.2. The lowest BCUT2D eigenvalue weighted by Gasteiger charge is -2.36. The van der Waals surface area contributed by atoms with E-state index in [2.05, 4.69) is 45.0 Å². The monoisotopic (exact) mass is 321 g/mol. The molecule has 4 rings (SSSR count). The summed E-state index contributed by atoms with van der Waals surface area (Å²) in [4.78, 5) is 17.2. The van der Waals surface area contributed by atoms with E-state index < -0.39 is 0 Å². The number of aromatic nitrogens is 3. The zero-order valence-electron chi connectivity index (χ0n) is 14.2. The van der Waals surface area contributed by atoms with E-state index in [1.165, 1.54) is 0 Å². The van der Waals surface area contributed by atoms with Crippen LogP contribution in [0.25, 0.3) is 21.9 Å². The Morgan fingerprint density at radius 3 is 2.71 bits per heavy atom. The van der Waals surface area contributed by atoms with E-state index in [1.807, 2.05) is 19.2 Å². The van der Waals surface area contributed by atoms with Crippen molar-refractivity contribution in [3.05, 3.63) is 18.5 Å². The second-order valence-corrected chi connectivity index (χ2v) is 6.28. The first-order chi connectivity index (χ1) is 11.7. The molecule has 1 fully saturated rings. The Kier molecular flexibility index (Phi) is 3.80. The van der Waals surface area contributed by atoms with E-state index in [0.29, 0.717) is 5.82 Å². The van der Waals surface area contributed by atoms with Crippen LogP contribution in [0, 0.1) is 0 Å². The molecule has 0 aromatic carbocycles. The number of hydrogen-bond donors (Lipinski definition) is 2. The van der Waals surface area contributed by atoms with Gasteiger partial charge in [-0.2, -0.15) is 0 Å². The standard InChI is InChI=1S/C17H22BN6/c1-3-23-4-6-24(7-5-23)15-14-12-8-11(18-2)9-21-17(12)22-13(14)10-20-16(15)19/h8-10H,3-7H2,1-2H3,(H2,19,20)(H,21,22). The number of pyridine rings is 2. The molecule has 0 saturated carbocycles. The molecule has 0 bridgehead atoms. The van der Waals surface area contributed by atoms with Crippen molar-refractivity contribution in [2.45, 2.75) is 13.7 Å². The maximum atomic E-state index is 6.30. The zero-order chi connectivity index (χ0) is 16.7. The first kappa shape index (κ1) is 15.3. The molecule has 1 aliphatic heterocycles. The van der Waals surface area contributed by atoms with Crippen molar-refractivity contribution < 1.29 is 0 Å². The Balaban J connectivity index is 1.88. The Morgan fingerprint density at radius 2 is 2.00 bits per heavy atom. The fourth-order valence-electron chi connectivity index (χ4n) is 3.55. The van der Waals surface area contributed by atoms with Gasteiger partial charge in [-0.1, -0.05) is 25.3 Å². The van der Waals surface area contributed by atoms with Gasteiger partial charge in [0.05, 0.1) is 17.4 Å². The summed E-state index contributed by atoms with van der Waals surface area (Å²) in [5.74, 6) is 0.597. The van der Waals surface area contributed by atoms with Crippen molar-refractivity contribution in [2.75, 3.05) is 43.4 Å². The predicted octanol–water partition coefficient (Wildman–Crippen LogP) is 1.21. The lowest BCUT2D eigenvalue weighted by atomic mass is 9.74. The molecule has 6 nitrogen and oxygen atoms in total. The first-order valence-electron chi connectivity index (χ1n) is 8.53. The molecule has 0 amide bonds. The number of fused-ring (bicyclic) bond motifs is 3. The van der Waals surface area contributed by atoms with Crippen molar-refractivity contribution in [1.29, 1.82) is 0 Å². The van der Waals surface area contributed by atoms with Crippen LogP contribution in [0.1, 0.15) is 6.92 Å². The van der Waals surface area contributed by atoms with Crippen LogP contribution < -0.4 is 16.1 Å². The van der Waals surface area contributed by atoms with Crippen LogP contribution in [-0.2, 0) is 0 Å². The summed E-state index contributed by atoms with van der Waals surface area (Å²) in [5.41, 5.74) is 10.3. The second-order valence-electron chi connectivity index (χ2n) is 6.28. The van der Waals surface area contributed by atoms with E-state index in [9.17, 15) is 0 Å². The fraction of sp³-hybridized carbons (Fsp3) is 0.412. The molecule has 7 heteroatoms. The molecule has 3 aromatic heterocycles. The number of nitrogen functional groups attached to an aromatic ring is 1. The number of H-pyrrole nitrogens is 1. The number of hydrogen-bond acceptors (Lipinski definition) is 5. The van der Waals surface area contributed by atoms with Crippen LogP contribution in [0.2, 0.25) is 6.82 Å². The minimum absolute atomic E-state index is 0.597.